The first kappa shape index (κ1) is 8.68. The average Bonchev–Trinajstić information content (AvgIpc) is 2.49. The van der Waals surface area contributed by atoms with Gasteiger partial charge in [0.15, 0.2) is 0 Å². The van der Waals surface area contributed by atoms with Crippen LogP contribution in [0.3, 0.4) is 0 Å². The Labute approximate surface area is 81.6 Å². The number of nitrogen functional groups attached to an aromatic ring is 1. The molecule has 5 heteroatoms. The molecule has 0 saturated heterocycles. The van der Waals surface area contributed by atoms with Crippen LogP contribution in [0.15, 0.2) is 18.6 Å². The Balaban J connectivity index is 2.54. The minimum atomic E-state index is 0.425. The molecule has 0 radical (unpaired) electrons. The Hall–Kier alpha value is -1.91. The molecule has 0 saturated carbocycles. The standard InChI is InChI=1S/C9H11N5/c1-6-3-13-14(2)9(6)7-4-12-8(10)5-11-7/h3-5H,1-2H3,(H2,10,12). The molecule has 2 N–H and O–H groups in total. The summed E-state index contributed by atoms with van der Waals surface area (Å²) < 4.78 is 1.77. The molecule has 0 fully saturated rings. The molecule has 14 heavy (non-hydrogen) atoms. The summed E-state index contributed by atoms with van der Waals surface area (Å²) in [6.07, 6.45) is 4.99. The molecule has 0 aliphatic rings. The molecule has 0 spiro atoms. The maximum atomic E-state index is 5.46. The van der Waals surface area contributed by atoms with Gasteiger partial charge in [-0.15, -0.1) is 0 Å². The lowest BCUT2D eigenvalue weighted by Crippen LogP contribution is -1.98. The molecule has 0 aliphatic carbocycles. The third kappa shape index (κ3) is 1.32. The molecule has 0 atom stereocenters. The normalized spacial score (nSPS) is 10.4. The van der Waals surface area contributed by atoms with Crippen molar-refractivity contribution in [3.63, 3.8) is 0 Å². The minimum Gasteiger partial charge on any atom is -0.382 e. The molecule has 2 heterocycles. The maximum absolute atomic E-state index is 5.46. The van der Waals surface area contributed by atoms with E-state index < -0.39 is 0 Å². The van der Waals surface area contributed by atoms with Crippen molar-refractivity contribution in [3.8, 4) is 11.4 Å². The Kier molecular flexibility index (Phi) is 1.92. The van der Waals surface area contributed by atoms with Gasteiger partial charge in [-0.1, -0.05) is 0 Å². The fourth-order valence-corrected chi connectivity index (χ4v) is 1.38. The summed E-state index contributed by atoms with van der Waals surface area (Å²) in [5.74, 6) is 0.425. The zero-order chi connectivity index (χ0) is 10.1. The van der Waals surface area contributed by atoms with E-state index in [4.69, 9.17) is 5.73 Å². The van der Waals surface area contributed by atoms with Crippen molar-refractivity contribution >= 4 is 5.82 Å². The highest BCUT2D eigenvalue weighted by atomic mass is 15.3. The van der Waals surface area contributed by atoms with Gasteiger partial charge in [0.2, 0.25) is 0 Å². The SMILES string of the molecule is Cc1cnn(C)c1-c1cnc(N)cn1. The molecule has 0 aromatic carbocycles. The average molecular weight is 189 g/mol. The van der Waals surface area contributed by atoms with Crippen LogP contribution in [0.25, 0.3) is 11.4 Å². The van der Waals surface area contributed by atoms with Gasteiger partial charge in [-0.05, 0) is 12.5 Å². The van der Waals surface area contributed by atoms with Gasteiger partial charge in [0, 0.05) is 7.05 Å². The molecule has 2 rings (SSSR count). The molecule has 0 amide bonds. The van der Waals surface area contributed by atoms with Crippen molar-refractivity contribution in [2.45, 2.75) is 6.92 Å². The summed E-state index contributed by atoms with van der Waals surface area (Å²) in [6.45, 7) is 1.99. The minimum absolute atomic E-state index is 0.425. The Morgan fingerprint density at radius 2 is 2.00 bits per heavy atom. The van der Waals surface area contributed by atoms with Crippen molar-refractivity contribution in [2.24, 2.45) is 7.05 Å². The zero-order valence-electron chi connectivity index (χ0n) is 8.10. The molecule has 0 aliphatic heterocycles. The van der Waals surface area contributed by atoms with Gasteiger partial charge in [-0.3, -0.25) is 4.68 Å². The number of hydrogen-bond acceptors (Lipinski definition) is 4. The van der Waals surface area contributed by atoms with Crippen molar-refractivity contribution in [1.82, 2.24) is 19.7 Å². The predicted octanol–water partition coefficient (Wildman–Crippen LogP) is 0.768. The maximum Gasteiger partial charge on any atom is 0.141 e. The fraction of sp³-hybridized carbons (Fsp3) is 0.222. The van der Waals surface area contributed by atoms with Gasteiger partial charge >= 0.3 is 0 Å². The second-order valence-corrected chi connectivity index (χ2v) is 3.13. The largest absolute Gasteiger partial charge is 0.382 e. The van der Waals surface area contributed by atoms with Gasteiger partial charge in [-0.25, -0.2) is 9.97 Å². The molecule has 0 bridgehead atoms. The van der Waals surface area contributed by atoms with Crippen molar-refractivity contribution in [3.05, 3.63) is 24.2 Å². The van der Waals surface area contributed by atoms with E-state index >= 15 is 0 Å². The summed E-state index contributed by atoms with van der Waals surface area (Å²) in [5.41, 5.74) is 8.29. The van der Waals surface area contributed by atoms with E-state index in [1.54, 1.807) is 23.3 Å². The number of rotatable bonds is 1. The highest BCUT2D eigenvalue weighted by molar-refractivity contribution is 5.58. The predicted molar refractivity (Wildman–Crippen MR) is 53.4 cm³/mol. The molecule has 5 nitrogen and oxygen atoms in total. The van der Waals surface area contributed by atoms with E-state index in [1.807, 2.05) is 14.0 Å². The Morgan fingerprint density at radius 3 is 2.50 bits per heavy atom. The molecular weight excluding hydrogens is 178 g/mol. The van der Waals surface area contributed by atoms with E-state index in [1.165, 1.54) is 0 Å². The van der Waals surface area contributed by atoms with Gasteiger partial charge in [-0.2, -0.15) is 5.10 Å². The number of nitrogens with zero attached hydrogens (tertiary/aromatic N) is 4. The number of anilines is 1. The van der Waals surface area contributed by atoms with Crippen LogP contribution in [0.4, 0.5) is 5.82 Å². The number of aromatic nitrogens is 4. The first-order chi connectivity index (χ1) is 6.68. The van der Waals surface area contributed by atoms with Gasteiger partial charge < -0.3 is 5.73 Å². The van der Waals surface area contributed by atoms with Crippen molar-refractivity contribution < 1.29 is 0 Å². The van der Waals surface area contributed by atoms with Gasteiger partial charge in [0.05, 0.1) is 24.3 Å². The summed E-state index contributed by atoms with van der Waals surface area (Å²) in [5, 5.41) is 4.13. The van der Waals surface area contributed by atoms with Gasteiger partial charge in [0.1, 0.15) is 11.5 Å². The Bertz CT molecular complexity index is 423. The van der Waals surface area contributed by atoms with Crippen LogP contribution < -0.4 is 5.73 Å². The van der Waals surface area contributed by atoms with Crippen LogP contribution >= 0.6 is 0 Å². The monoisotopic (exact) mass is 189 g/mol. The van der Waals surface area contributed by atoms with E-state index in [0.29, 0.717) is 5.82 Å². The van der Waals surface area contributed by atoms with Crippen LogP contribution in [0.5, 0.6) is 0 Å². The third-order valence-electron chi connectivity index (χ3n) is 2.04. The van der Waals surface area contributed by atoms with Crippen LogP contribution in [0, 0.1) is 6.92 Å². The highest BCUT2D eigenvalue weighted by Crippen LogP contribution is 2.19. The zero-order valence-corrected chi connectivity index (χ0v) is 8.10. The lowest BCUT2D eigenvalue weighted by atomic mass is 10.2. The van der Waals surface area contributed by atoms with Crippen LogP contribution in [0.1, 0.15) is 5.56 Å². The fourth-order valence-electron chi connectivity index (χ4n) is 1.38. The highest BCUT2D eigenvalue weighted by Gasteiger charge is 2.08. The van der Waals surface area contributed by atoms with Crippen LogP contribution in [-0.4, -0.2) is 19.7 Å². The second-order valence-electron chi connectivity index (χ2n) is 3.13. The quantitative estimate of drug-likeness (QED) is 0.719. The number of hydrogen-bond donors (Lipinski definition) is 1. The molecule has 2 aromatic heterocycles. The molecule has 0 unspecified atom stereocenters. The lowest BCUT2D eigenvalue weighted by molar-refractivity contribution is 0.772. The molecular formula is C9H11N5. The van der Waals surface area contributed by atoms with E-state index in [2.05, 4.69) is 15.1 Å². The van der Waals surface area contributed by atoms with Gasteiger partial charge in [0.25, 0.3) is 0 Å². The van der Waals surface area contributed by atoms with E-state index in [9.17, 15) is 0 Å². The van der Waals surface area contributed by atoms with E-state index in [0.717, 1.165) is 17.0 Å². The number of aryl methyl sites for hydroxylation is 2. The summed E-state index contributed by atoms with van der Waals surface area (Å²) in [6, 6.07) is 0. The smallest absolute Gasteiger partial charge is 0.141 e. The summed E-state index contributed by atoms with van der Waals surface area (Å²) in [7, 11) is 1.88. The molecule has 72 valence electrons. The van der Waals surface area contributed by atoms with Crippen molar-refractivity contribution in [1.29, 1.82) is 0 Å². The summed E-state index contributed by atoms with van der Waals surface area (Å²) >= 11 is 0. The third-order valence-corrected chi connectivity index (χ3v) is 2.04. The van der Waals surface area contributed by atoms with Crippen LogP contribution in [-0.2, 0) is 7.05 Å². The Morgan fingerprint density at radius 1 is 1.21 bits per heavy atom. The molecule has 2 aromatic rings. The lowest BCUT2D eigenvalue weighted by Gasteiger charge is -2.02. The first-order valence-corrected chi connectivity index (χ1v) is 4.25. The van der Waals surface area contributed by atoms with Crippen LogP contribution in [0.2, 0.25) is 0 Å². The second kappa shape index (κ2) is 3.10. The first-order valence-electron chi connectivity index (χ1n) is 4.25. The summed E-state index contributed by atoms with van der Waals surface area (Å²) in [4.78, 5) is 8.19. The van der Waals surface area contributed by atoms with Crippen molar-refractivity contribution in [2.75, 3.05) is 5.73 Å². The topological polar surface area (TPSA) is 69.6 Å². The van der Waals surface area contributed by atoms with E-state index in [-0.39, 0.29) is 0 Å². The number of nitrogens with two attached hydrogens (primary N) is 1.